The lowest BCUT2D eigenvalue weighted by molar-refractivity contribution is 0.0951. The Labute approximate surface area is 115 Å². The van der Waals surface area contributed by atoms with Crippen LogP contribution in [-0.2, 0) is 16.6 Å². The Balaban J connectivity index is 2.08. The van der Waals surface area contributed by atoms with Crippen molar-refractivity contribution in [2.75, 3.05) is 0 Å². The van der Waals surface area contributed by atoms with Gasteiger partial charge in [-0.05, 0) is 23.6 Å². The number of nitrogens with one attached hydrogen (secondary N) is 1. The summed E-state index contributed by atoms with van der Waals surface area (Å²) in [6, 6.07) is 10.1. The van der Waals surface area contributed by atoms with Crippen LogP contribution in [0.4, 0.5) is 0 Å². The van der Waals surface area contributed by atoms with Gasteiger partial charge in [-0.3, -0.25) is 4.79 Å². The lowest BCUT2D eigenvalue weighted by atomic mass is 10.2. The summed E-state index contributed by atoms with van der Waals surface area (Å²) in [5.74, 6) is -0.255. The van der Waals surface area contributed by atoms with Crippen LogP contribution < -0.4 is 10.5 Å². The quantitative estimate of drug-likeness (QED) is 0.892. The number of benzene rings is 1. The third-order valence-electron chi connectivity index (χ3n) is 2.46. The van der Waals surface area contributed by atoms with Crippen LogP contribution in [0.2, 0.25) is 0 Å². The number of amides is 1. The highest BCUT2D eigenvalue weighted by Crippen LogP contribution is 2.20. The predicted octanol–water partition coefficient (Wildman–Crippen LogP) is 1.33. The first kappa shape index (κ1) is 13.7. The molecule has 2 rings (SSSR count). The normalized spacial score (nSPS) is 11.2. The summed E-state index contributed by atoms with van der Waals surface area (Å²) in [5.41, 5.74) is 0.524. The number of thiophene rings is 1. The Hall–Kier alpha value is -1.70. The fourth-order valence-electron chi connectivity index (χ4n) is 1.56. The van der Waals surface area contributed by atoms with Gasteiger partial charge in [0.05, 0.1) is 11.4 Å². The maximum absolute atomic E-state index is 11.8. The smallest absolute Gasteiger partial charge is 0.251 e. The summed E-state index contributed by atoms with van der Waals surface area (Å²) in [6.45, 7) is 0.136. The minimum Gasteiger partial charge on any atom is -0.347 e. The van der Waals surface area contributed by atoms with Crippen LogP contribution in [-0.4, -0.2) is 14.3 Å². The van der Waals surface area contributed by atoms with Gasteiger partial charge in [0.1, 0.15) is 0 Å². The van der Waals surface area contributed by atoms with E-state index in [1.807, 2.05) is 6.07 Å². The number of primary sulfonamides is 1. The van der Waals surface area contributed by atoms with Gasteiger partial charge in [0.25, 0.3) is 5.91 Å². The molecular weight excluding hydrogens is 284 g/mol. The maximum atomic E-state index is 11.8. The molecule has 0 unspecified atom stereocenters. The molecule has 0 atom stereocenters. The number of rotatable bonds is 4. The van der Waals surface area contributed by atoms with Crippen LogP contribution in [0.15, 0.2) is 46.7 Å². The molecule has 0 aliphatic carbocycles. The molecule has 1 amide bonds. The summed E-state index contributed by atoms with van der Waals surface area (Å²) < 4.78 is 22.6. The van der Waals surface area contributed by atoms with E-state index in [1.54, 1.807) is 29.6 Å². The van der Waals surface area contributed by atoms with E-state index in [2.05, 4.69) is 5.32 Å². The van der Waals surface area contributed by atoms with E-state index in [9.17, 15) is 13.2 Å². The van der Waals surface area contributed by atoms with Crippen molar-refractivity contribution in [2.45, 2.75) is 11.4 Å². The molecule has 0 radical (unpaired) electrons. The third-order valence-corrected chi connectivity index (χ3v) is 4.50. The first-order chi connectivity index (χ1) is 8.98. The van der Waals surface area contributed by atoms with Crippen molar-refractivity contribution in [1.82, 2.24) is 5.32 Å². The molecule has 19 heavy (non-hydrogen) atoms. The highest BCUT2D eigenvalue weighted by molar-refractivity contribution is 7.89. The molecule has 0 fully saturated rings. The lowest BCUT2D eigenvalue weighted by Gasteiger charge is -2.05. The van der Waals surface area contributed by atoms with E-state index in [4.69, 9.17) is 5.14 Å². The van der Waals surface area contributed by atoms with E-state index in [0.717, 1.165) is 0 Å². The molecule has 0 bridgehead atoms. The summed E-state index contributed by atoms with van der Waals surface area (Å²) in [4.78, 5) is 12.4. The van der Waals surface area contributed by atoms with Crippen molar-refractivity contribution in [1.29, 1.82) is 0 Å². The molecule has 0 saturated heterocycles. The maximum Gasteiger partial charge on any atom is 0.251 e. The fraction of sp³-hybridized carbons (Fsp3) is 0.0833. The molecule has 3 N–H and O–H groups in total. The summed E-state index contributed by atoms with van der Waals surface area (Å²) >= 11 is 1.24. The van der Waals surface area contributed by atoms with E-state index in [-0.39, 0.29) is 17.3 Å². The zero-order valence-electron chi connectivity index (χ0n) is 9.87. The lowest BCUT2D eigenvalue weighted by Crippen LogP contribution is -2.23. The van der Waals surface area contributed by atoms with Crippen LogP contribution in [0, 0.1) is 0 Å². The molecule has 5 nitrogen and oxygen atoms in total. The molecule has 0 saturated carbocycles. The van der Waals surface area contributed by atoms with Gasteiger partial charge in [-0.1, -0.05) is 18.2 Å². The van der Waals surface area contributed by atoms with Crippen molar-refractivity contribution in [3.8, 4) is 0 Å². The Morgan fingerprint density at radius 1 is 1.21 bits per heavy atom. The second-order valence-corrected chi connectivity index (χ2v) is 6.33. The minimum absolute atomic E-state index is 0.0610. The summed E-state index contributed by atoms with van der Waals surface area (Å²) in [6.07, 6.45) is 0. The molecule has 100 valence electrons. The van der Waals surface area contributed by atoms with Gasteiger partial charge in [0, 0.05) is 10.4 Å². The molecule has 1 aromatic heterocycles. The van der Waals surface area contributed by atoms with Gasteiger partial charge in [0.2, 0.25) is 10.0 Å². The van der Waals surface area contributed by atoms with Crippen LogP contribution in [0.25, 0.3) is 0 Å². The van der Waals surface area contributed by atoms with Crippen LogP contribution in [0.3, 0.4) is 0 Å². The highest BCUT2D eigenvalue weighted by atomic mass is 32.2. The molecule has 0 aliphatic rings. The number of hydrogen-bond donors (Lipinski definition) is 2. The zero-order chi connectivity index (χ0) is 13.9. The van der Waals surface area contributed by atoms with Gasteiger partial charge in [-0.15, -0.1) is 11.3 Å². The number of carbonyl (C=O) groups is 1. The Morgan fingerprint density at radius 2 is 1.89 bits per heavy atom. The number of carbonyl (C=O) groups excluding carboxylic acids is 1. The van der Waals surface area contributed by atoms with Gasteiger partial charge >= 0.3 is 0 Å². The second kappa shape index (κ2) is 5.52. The van der Waals surface area contributed by atoms with Crippen molar-refractivity contribution < 1.29 is 13.2 Å². The zero-order valence-corrected chi connectivity index (χ0v) is 11.5. The van der Waals surface area contributed by atoms with Gasteiger partial charge in [-0.2, -0.15) is 0 Å². The average molecular weight is 296 g/mol. The SMILES string of the molecule is NS(=O)(=O)c1ccsc1CNC(=O)c1ccccc1. The second-order valence-electron chi connectivity index (χ2n) is 3.80. The Morgan fingerprint density at radius 3 is 2.53 bits per heavy atom. The van der Waals surface area contributed by atoms with Gasteiger partial charge in [-0.25, -0.2) is 13.6 Å². The summed E-state index contributed by atoms with van der Waals surface area (Å²) in [7, 11) is -3.74. The summed E-state index contributed by atoms with van der Waals surface area (Å²) in [5, 5.41) is 9.38. The monoisotopic (exact) mass is 296 g/mol. The topological polar surface area (TPSA) is 89.3 Å². The molecule has 0 spiro atoms. The molecule has 2 aromatic rings. The van der Waals surface area contributed by atoms with Crippen molar-refractivity contribution in [2.24, 2.45) is 5.14 Å². The van der Waals surface area contributed by atoms with Crippen molar-refractivity contribution >= 4 is 27.3 Å². The number of sulfonamides is 1. The van der Waals surface area contributed by atoms with E-state index < -0.39 is 10.0 Å². The standard InChI is InChI=1S/C12H12N2O3S2/c13-19(16,17)11-6-7-18-10(11)8-14-12(15)9-4-2-1-3-5-9/h1-7H,8H2,(H,14,15)(H2,13,16,17). The average Bonchev–Trinajstić information content (AvgIpc) is 2.85. The number of nitrogens with two attached hydrogens (primary N) is 1. The Kier molecular flexibility index (Phi) is 3.98. The van der Waals surface area contributed by atoms with Crippen LogP contribution in [0.5, 0.6) is 0 Å². The predicted molar refractivity (Wildman–Crippen MR) is 73.3 cm³/mol. The first-order valence-electron chi connectivity index (χ1n) is 5.41. The molecule has 1 heterocycles. The molecule has 1 aromatic carbocycles. The highest BCUT2D eigenvalue weighted by Gasteiger charge is 2.15. The van der Waals surface area contributed by atoms with Crippen molar-refractivity contribution in [3.05, 3.63) is 52.2 Å². The number of hydrogen-bond acceptors (Lipinski definition) is 4. The first-order valence-corrected chi connectivity index (χ1v) is 7.83. The van der Waals surface area contributed by atoms with Crippen LogP contribution in [0.1, 0.15) is 15.2 Å². The van der Waals surface area contributed by atoms with E-state index in [1.165, 1.54) is 17.4 Å². The van der Waals surface area contributed by atoms with E-state index in [0.29, 0.717) is 10.4 Å². The van der Waals surface area contributed by atoms with Crippen LogP contribution >= 0.6 is 11.3 Å². The molecule has 7 heteroatoms. The van der Waals surface area contributed by atoms with Gasteiger partial charge in [0.15, 0.2) is 0 Å². The molecule has 0 aliphatic heterocycles. The van der Waals surface area contributed by atoms with Crippen molar-refractivity contribution in [3.63, 3.8) is 0 Å². The van der Waals surface area contributed by atoms with Gasteiger partial charge < -0.3 is 5.32 Å². The third kappa shape index (κ3) is 3.40. The van der Waals surface area contributed by atoms with E-state index >= 15 is 0 Å². The fourth-order valence-corrected chi connectivity index (χ4v) is 3.50. The Bertz CT molecular complexity index is 678. The molecular formula is C12H12N2O3S2. The minimum atomic E-state index is -3.74. The largest absolute Gasteiger partial charge is 0.347 e.